The number of hydrogen-bond donors (Lipinski definition) is 1. The standard InChI is InChI=1S/C11H16BrN/c1-8(11(2,3)13)9-5-4-6-10(12)7-9/h4-8H,13H2,1-3H3. The zero-order chi connectivity index (χ0) is 10.1. The molecule has 1 aromatic carbocycles. The van der Waals surface area contributed by atoms with Crippen molar-refractivity contribution in [3.63, 3.8) is 0 Å². The van der Waals surface area contributed by atoms with Gasteiger partial charge in [-0.05, 0) is 37.5 Å². The average molecular weight is 242 g/mol. The smallest absolute Gasteiger partial charge is 0.0178 e. The van der Waals surface area contributed by atoms with Gasteiger partial charge in [0, 0.05) is 10.0 Å². The van der Waals surface area contributed by atoms with Crippen LogP contribution in [0.3, 0.4) is 0 Å². The van der Waals surface area contributed by atoms with Crippen molar-refractivity contribution in [3.05, 3.63) is 34.3 Å². The minimum Gasteiger partial charge on any atom is -0.325 e. The summed E-state index contributed by atoms with van der Waals surface area (Å²) >= 11 is 3.46. The molecule has 2 N–H and O–H groups in total. The van der Waals surface area contributed by atoms with E-state index in [4.69, 9.17) is 5.73 Å². The van der Waals surface area contributed by atoms with Gasteiger partial charge in [-0.1, -0.05) is 35.0 Å². The van der Waals surface area contributed by atoms with Crippen LogP contribution in [0.4, 0.5) is 0 Å². The molecular formula is C11H16BrN. The van der Waals surface area contributed by atoms with Gasteiger partial charge in [0.1, 0.15) is 0 Å². The van der Waals surface area contributed by atoms with E-state index in [2.05, 4.69) is 48.8 Å². The summed E-state index contributed by atoms with van der Waals surface area (Å²) in [6, 6.07) is 8.31. The lowest BCUT2D eigenvalue weighted by molar-refractivity contribution is 0.435. The molecule has 0 saturated carbocycles. The number of hydrogen-bond acceptors (Lipinski definition) is 1. The summed E-state index contributed by atoms with van der Waals surface area (Å²) in [6.45, 7) is 6.26. The first kappa shape index (κ1) is 10.7. The molecule has 1 aromatic rings. The summed E-state index contributed by atoms with van der Waals surface area (Å²) in [5.41, 5.74) is 7.16. The van der Waals surface area contributed by atoms with Crippen LogP contribution in [-0.4, -0.2) is 5.54 Å². The predicted octanol–water partition coefficient (Wildman–Crippen LogP) is 3.29. The van der Waals surface area contributed by atoms with Gasteiger partial charge >= 0.3 is 0 Å². The summed E-state index contributed by atoms with van der Waals surface area (Å²) in [5, 5.41) is 0. The maximum Gasteiger partial charge on any atom is 0.0178 e. The molecule has 1 nitrogen and oxygen atoms in total. The monoisotopic (exact) mass is 241 g/mol. The highest BCUT2D eigenvalue weighted by Crippen LogP contribution is 2.27. The summed E-state index contributed by atoms with van der Waals surface area (Å²) in [7, 11) is 0. The normalized spacial score (nSPS) is 14.2. The van der Waals surface area contributed by atoms with Crippen LogP contribution in [0.1, 0.15) is 32.3 Å². The van der Waals surface area contributed by atoms with Crippen molar-refractivity contribution in [1.82, 2.24) is 0 Å². The fraction of sp³-hybridized carbons (Fsp3) is 0.455. The molecule has 1 atom stereocenters. The number of nitrogens with two attached hydrogens (primary N) is 1. The molecule has 0 heterocycles. The Morgan fingerprint density at radius 2 is 2.00 bits per heavy atom. The van der Waals surface area contributed by atoms with Gasteiger partial charge in [0.05, 0.1) is 0 Å². The fourth-order valence-corrected chi connectivity index (χ4v) is 1.62. The van der Waals surface area contributed by atoms with E-state index in [1.807, 2.05) is 12.1 Å². The lowest BCUT2D eigenvalue weighted by Gasteiger charge is -2.27. The lowest BCUT2D eigenvalue weighted by atomic mass is 9.84. The van der Waals surface area contributed by atoms with Gasteiger partial charge in [-0.3, -0.25) is 0 Å². The summed E-state index contributed by atoms with van der Waals surface area (Å²) in [4.78, 5) is 0. The zero-order valence-electron chi connectivity index (χ0n) is 8.34. The Balaban J connectivity index is 2.96. The third kappa shape index (κ3) is 2.82. The van der Waals surface area contributed by atoms with E-state index in [1.165, 1.54) is 5.56 Å². The van der Waals surface area contributed by atoms with Gasteiger partial charge in [0.25, 0.3) is 0 Å². The molecule has 0 spiro atoms. The molecule has 0 aliphatic heterocycles. The second-order valence-corrected chi connectivity index (χ2v) is 5.01. The molecule has 0 fully saturated rings. The Hall–Kier alpha value is -0.340. The quantitative estimate of drug-likeness (QED) is 0.846. The number of rotatable bonds is 2. The number of halogens is 1. The molecule has 72 valence electrons. The van der Waals surface area contributed by atoms with E-state index >= 15 is 0 Å². The van der Waals surface area contributed by atoms with Crippen molar-refractivity contribution in [2.45, 2.75) is 32.2 Å². The molecule has 0 saturated heterocycles. The third-order valence-corrected chi connectivity index (χ3v) is 2.96. The average Bonchev–Trinajstić information content (AvgIpc) is 2.01. The highest BCUT2D eigenvalue weighted by atomic mass is 79.9. The minimum absolute atomic E-state index is 0.166. The highest BCUT2D eigenvalue weighted by molar-refractivity contribution is 9.10. The Labute approximate surface area is 88.5 Å². The first-order valence-corrected chi connectivity index (χ1v) is 5.25. The molecule has 1 rings (SSSR count). The van der Waals surface area contributed by atoms with Crippen LogP contribution < -0.4 is 5.73 Å². The molecule has 0 aliphatic rings. The van der Waals surface area contributed by atoms with E-state index in [9.17, 15) is 0 Å². The molecule has 0 bridgehead atoms. The van der Waals surface area contributed by atoms with E-state index in [0.29, 0.717) is 5.92 Å². The largest absolute Gasteiger partial charge is 0.325 e. The van der Waals surface area contributed by atoms with E-state index in [1.54, 1.807) is 0 Å². The molecule has 13 heavy (non-hydrogen) atoms. The van der Waals surface area contributed by atoms with Crippen molar-refractivity contribution < 1.29 is 0 Å². The number of benzene rings is 1. The summed E-state index contributed by atoms with van der Waals surface area (Å²) in [6.07, 6.45) is 0. The van der Waals surface area contributed by atoms with Crippen molar-refractivity contribution in [3.8, 4) is 0 Å². The van der Waals surface area contributed by atoms with Crippen LogP contribution in [0.2, 0.25) is 0 Å². The zero-order valence-corrected chi connectivity index (χ0v) is 9.93. The van der Waals surface area contributed by atoms with Gasteiger partial charge in [-0.25, -0.2) is 0 Å². The van der Waals surface area contributed by atoms with Crippen LogP contribution in [-0.2, 0) is 0 Å². The van der Waals surface area contributed by atoms with Crippen molar-refractivity contribution >= 4 is 15.9 Å². The first-order chi connectivity index (χ1) is 5.91. The molecular weight excluding hydrogens is 226 g/mol. The lowest BCUT2D eigenvalue weighted by Crippen LogP contribution is -2.37. The SMILES string of the molecule is CC(c1cccc(Br)c1)C(C)(C)N. The van der Waals surface area contributed by atoms with Gasteiger partial charge in [-0.15, -0.1) is 0 Å². The van der Waals surface area contributed by atoms with Gasteiger partial charge in [0.15, 0.2) is 0 Å². The minimum atomic E-state index is -0.166. The van der Waals surface area contributed by atoms with Gasteiger partial charge in [0.2, 0.25) is 0 Å². The second-order valence-electron chi connectivity index (χ2n) is 4.10. The van der Waals surface area contributed by atoms with E-state index < -0.39 is 0 Å². The van der Waals surface area contributed by atoms with Crippen LogP contribution in [0, 0.1) is 0 Å². The van der Waals surface area contributed by atoms with Crippen molar-refractivity contribution in [1.29, 1.82) is 0 Å². The first-order valence-electron chi connectivity index (χ1n) is 4.45. The highest BCUT2D eigenvalue weighted by Gasteiger charge is 2.21. The maximum atomic E-state index is 6.05. The predicted molar refractivity (Wildman–Crippen MR) is 60.8 cm³/mol. The molecule has 0 radical (unpaired) electrons. The molecule has 0 aromatic heterocycles. The summed E-state index contributed by atoms with van der Waals surface area (Å²) in [5.74, 6) is 0.366. The van der Waals surface area contributed by atoms with Crippen molar-refractivity contribution in [2.75, 3.05) is 0 Å². The second kappa shape index (κ2) is 3.81. The van der Waals surface area contributed by atoms with Crippen LogP contribution in [0.25, 0.3) is 0 Å². The molecule has 1 unspecified atom stereocenters. The third-order valence-electron chi connectivity index (χ3n) is 2.46. The molecule has 0 amide bonds. The molecule has 0 aliphatic carbocycles. The maximum absolute atomic E-state index is 6.05. The van der Waals surface area contributed by atoms with Crippen molar-refractivity contribution in [2.24, 2.45) is 5.73 Å². The van der Waals surface area contributed by atoms with E-state index in [-0.39, 0.29) is 5.54 Å². The Kier molecular flexibility index (Phi) is 3.14. The van der Waals surface area contributed by atoms with Crippen LogP contribution >= 0.6 is 15.9 Å². The Morgan fingerprint density at radius 1 is 1.38 bits per heavy atom. The fourth-order valence-electron chi connectivity index (χ4n) is 1.21. The molecule has 2 heteroatoms. The van der Waals surface area contributed by atoms with E-state index in [0.717, 1.165) is 4.47 Å². The van der Waals surface area contributed by atoms with Gasteiger partial charge < -0.3 is 5.73 Å². The van der Waals surface area contributed by atoms with Crippen LogP contribution in [0.5, 0.6) is 0 Å². The van der Waals surface area contributed by atoms with Gasteiger partial charge in [-0.2, -0.15) is 0 Å². The van der Waals surface area contributed by atoms with Crippen LogP contribution in [0.15, 0.2) is 28.7 Å². The Morgan fingerprint density at radius 3 is 2.46 bits per heavy atom. The summed E-state index contributed by atoms with van der Waals surface area (Å²) < 4.78 is 1.11. The topological polar surface area (TPSA) is 26.0 Å². The Bertz CT molecular complexity index is 288.